The van der Waals surface area contributed by atoms with E-state index in [4.69, 9.17) is 0 Å². The fourth-order valence-electron chi connectivity index (χ4n) is 0. The molecule has 0 saturated heterocycles. The average molecular weight is 249 g/mol. The van der Waals surface area contributed by atoms with Gasteiger partial charge in [0.25, 0.3) is 0 Å². The third-order valence-electron chi connectivity index (χ3n) is 0. The van der Waals surface area contributed by atoms with Gasteiger partial charge in [0.15, 0.2) is 0 Å². The second kappa shape index (κ2) is 310. The van der Waals surface area contributed by atoms with Gasteiger partial charge in [-0.1, -0.05) is 0 Å². The van der Waals surface area contributed by atoms with Gasteiger partial charge in [-0.2, -0.15) is 0 Å². The second-order valence-electron chi connectivity index (χ2n) is 0. The first-order chi connectivity index (χ1) is 0. The normalized spacial score (nSPS) is 0. The van der Waals surface area contributed by atoms with Gasteiger partial charge in [-0.25, -0.2) is 0 Å². The molecule has 8 heavy (non-hydrogen) atoms. The second-order valence-corrected chi connectivity index (χ2v) is 0. The van der Waals surface area contributed by atoms with Crippen LogP contribution in [0.2, 0.25) is 0 Å². The topological polar surface area (TPSA) is 180 Å². The van der Waals surface area contributed by atoms with Crippen molar-refractivity contribution in [3.8, 4) is 0 Å². The Balaban J connectivity index is 0. The summed E-state index contributed by atoms with van der Waals surface area (Å²) in [6, 6.07) is 0. The van der Waals surface area contributed by atoms with Crippen LogP contribution in [-0.4, -0.2) is 32.9 Å². The summed E-state index contributed by atoms with van der Waals surface area (Å²) < 4.78 is 0. The maximum atomic E-state index is 0. The summed E-state index contributed by atoms with van der Waals surface area (Å²) in [4.78, 5) is 0. The molecule has 0 aromatic carbocycles. The summed E-state index contributed by atoms with van der Waals surface area (Å²) >= 11 is 0. The number of hydrogen-bond acceptors (Lipinski definition) is 6. The average Bonchev–Trinajstić information content (AvgIpc) is 0. The molecule has 0 aliphatic heterocycles. The SMILES string of the molecule is [Fe+2].[OH-].[OH-].[OH-].[OH-].[OH-].[OH-].[Zr+4]. The van der Waals surface area contributed by atoms with Crippen LogP contribution in [0, 0.1) is 0 Å². The van der Waals surface area contributed by atoms with Crippen molar-refractivity contribution in [2.45, 2.75) is 0 Å². The molecular weight excluding hydrogens is 243 g/mol. The number of rotatable bonds is 0. The van der Waals surface area contributed by atoms with E-state index in [9.17, 15) is 0 Å². The third-order valence-corrected chi connectivity index (χ3v) is 0. The van der Waals surface area contributed by atoms with E-state index in [1.165, 1.54) is 0 Å². The largest absolute Gasteiger partial charge is 4.00 e. The van der Waals surface area contributed by atoms with Gasteiger partial charge in [-0.3, -0.25) is 0 Å². The Hall–Kier alpha value is 1.16. The predicted octanol–water partition coefficient (Wildman–Crippen LogP) is -1.07. The summed E-state index contributed by atoms with van der Waals surface area (Å²) in [6.45, 7) is 0. The van der Waals surface area contributed by atoms with E-state index in [0.29, 0.717) is 0 Å². The molecule has 6 nitrogen and oxygen atoms in total. The van der Waals surface area contributed by atoms with Crippen LogP contribution >= 0.6 is 0 Å². The Morgan fingerprint density at radius 2 is 0.375 bits per heavy atom. The molecule has 0 heterocycles. The molecule has 0 amide bonds. The zero-order valence-corrected chi connectivity index (χ0v) is 7.10. The standard InChI is InChI=1S/Fe.6H2O.Zr/h;6*1H2;/q+2;;;;;;;+4/p-6. The van der Waals surface area contributed by atoms with Crippen LogP contribution in [0.15, 0.2) is 0 Å². The molecule has 0 fully saturated rings. The molecule has 0 unspecified atom stereocenters. The van der Waals surface area contributed by atoms with Gasteiger partial charge in [0, 0.05) is 0 Å². The molecule has 0 radical (unpaired) electrons. The molecule has 0 aromatic heterocycles. The minimum Gasteiger partial charge on any atom is -0.870 e. The van der Waals surface area contributed by atoms with Crippen LogP contribution < -0.4 is 0 Å². The van der Waals surface area contributed by atoms with Crippen molar-refractivity contribution < 1.29 is 76.1 Å². The van der Waals surface area contributed by atoms with E-state index < -0.39 is 0 Å². The van der Waals surface area contributed by atoms with Crippen molar-refractivity contribution in [1.29, 1.82) is 0 Å². The van der Waals surface area contributed by atoms with Crippen LogP contribution in [0.5, 0.6) is 0 Å². The molecule has 54 valence electrons. The van der Waals surface area contributed by atoms with E-state index in [2.05, 4.69) is 0 Å². The summed E-state index contributed by atoms with van der Waals surface area (Å²) in [7, 11) is 0. The van der Waals surface area contributed by atoms with Crippen molar-refractivity contribution in [1.82, 2.24) is 0 Å². The van der Waals surface area contributed by atoms with Crippen molar-refractivity contribution >= 4 is 0 Å². The van der Waals surface area contributed by atoms with E-state index >= 15 is 0 Å². The van der Waals surface area contributed by atoms with Gasteiger partial charge in [0.2, 0.25) is 0 Å². The molecule has 0 atom stereocenters. The van der Waals surface area contributed by atoms with Gasteiger partial charge < -0.3 is 32.9 Å². The van der Waals surface area contributed by atoms with Crippen molar-refractivity contribution in [3.63, 3.8) is 0 Å². The van der Waals surface area contributed by atoms with Crippen LogP contribution in [0.3, 0.4) is 0 Å². The van der Waals surface area contributed by atoms with Crippen molar-refractivity contribution in [3.05, 3.63) is 0 Å². The fourth-order valence-corrected chi connectivity index (χ4v) is 0. The van der Waals surface area contributed by atoms with E-state index in [-0.39, 0.29) is 76.1 Å². The maximum absolute atomic E-state index is 0. The smallest absolute Gasteiger partial charge is 0.870 e. The summed E-state index contributed by atoms with van der Waals surface area (Å²) in [6.07, 6.45) is 0. The van der Waals surface area contributed by atoms with E-state index in [1.54, 1.807) is 0 Å². The molecule has 0 saturated carbocycles. The molecule has 8 heteroatoms. The van der Waals surface area contributed by atoms with Gasteiger partial charge in [-0.05, 0) is 0 Å². The minimum atomic E-state index is 0. The monoisotopic (exact) mass is 248 g/mol. The molecule has 0 bridgehead atoms. The van der Waals surface area contributed by atoms with E-state index in [1.807, 2.05) is 0 Å². The van der Waals surface area contributed by atoms with Crippen LogP contribution in [0.1, 0.15) is 0 Å². The number of hydrogen-bond donors (Lipinski definition) is 0. The maximum Gasteiger partial charge on any atom is 4.00 e. The Morgan fingerprint density at radius 3 is 0.375 bits per heavy atom. The molecular formula is H6FeO6Zr. The van der Waals surface area contributed by atoms with Crippen LogP contribution in [0.25, 0.3) is 0 Å². The van der Waals surface area contributed by atoms with Gasteiger partial charge in [-0.15, -0.1) is 0 Å². The molecule has 0 rings (SSSR count). The van der Waals surface area contributed by atoms with Crippen molar-refractivity contribution in [2.24, 2.45) is 0 Å². The molecule has 0 aliphatic carbocycles. The zero-order chi connectivity index (χ0) is 0. The Labute approximate surface area is 76.1 Å². The van der Waals surface area contributed by atoms with E-state index in [0.717, 1.165) is 0 Å². The summed E-state index contributed by atoms with van der Waals surface area (Å²) in [5, 5.41) is 0. The third kappa shape index (κ3) is 201. The van der Waals surface area contributed by atoms with Crippen LogP contribution in [-0.2, 0) is 43.3 Å². The molecule has 0 aromatic rings. The first-order valence-corrected chi connectivity index (χ1v) is 0. The summed E-state index contributed by atoms with van der Waals surface area (Å²) in [5.41, 5.74) is 0. The predicted molar refractivity (Wildman–Crippen MR) is 11.6 cm³/mol. The molecule has 0 spiro atoms. The Morgan fingerprint density at radius 1 is 0.375 bits per heavy atom. The molecule has 6 N–H and O–H groups in total. The zero-order valence-electron chi connectivity index (χ0n) is 3.54. The Kier molecular flexibility index (Phi) is 17500. The minimum absolute atomic E-state index is 0. The Bertz CT molecular complexity index is 8.49. The first kappa shape index (κ1) is 452. The van der Waals surface area contributed by atoms with Crippen molar-refractivity contribution in [2.75, 3.05) is 0 Å². The molecule has 0 aliphatic rings. The first-order valence-electron chi connectivity index (χ1n) is 0. The van der Waals surface area contributed by atoms with Gasteiger partial charge in [0.1, 0.15) is 0 Å². The fraction of sp³-hybridized carbons (Fsp3) is 0. The summed E-state index contributed by atoms with van der Waals surface area (Å²) in [5.74, 6) is 0. The van der Waals surface area contributed by atoms with Gasteiger partial charge in [0.05, 0.1) is 0 Å². The van der Waals surface area contributed by atoms with Gasteiger partial charge >= 0.3 is 43.3 Å². The quantitative estimate of drug-likeness (QED) is 0.492. The van der Waals surface area contributed by atoms with Crippen LogP contribution in [0.4, 0.5) is 0 Å².